The first kappa shape index (κ1) is 21.8. The van der Waals surface area contributed by atoms with Gasteiger partial charge in [-0.15, -0.1) is 0 Å². The highest BCUT2D eigenvalue weighted by Crippen LogP contribution is 2.44. The Labute approximate surface area is 184 Å². The number of hydrogen-bond acceptors (Lipinski definition) is 6. The van der Waals surface area contributed by atoms with Gasteiger partial charge in [0.05, 0.1) is 0 Å². The van der Waals surface area contributed by atoms with Crippen molar-refractivity contribution < 1.29 is 33.8 Å². The van der Waals surface area contributed by atoms with Gasteiger partial charge in [0, 0.05) is 25.0 Å². The fourth-order valence-corrected chi connectivity index (χ4v) is 4.22. The first-order chi connectivity index (χ1) is 15.5. The molecule has 0 spiro atoms. The molecule has 168 valence electrons. The van der Waals surface area contributed by atoms with Crippen molar-refractivity contribution >= 4 is 18.0 Å². The van der Waals surface area contributed by atoms with Gasteiger partial charge in [-0.3, -0.25) is 9.63 Å². The first-order valence-corrected chi connectivity index (χ1v) is 10.4. The van der Waals surface area contributed by atoms with E-state index in [-0.39, 0.29) is 25.0 Å². The number of benzene rings is 2. The molecule has 1 heterocycles. The molecule has 32 heavy (non-hydrogen) atoms. The molecule has 3 N–H and O–H groups in total. The highest BCUT2D eigenvalue weighted by molar-refractivity contribution is 5.81. The maximum atomic E-state index is 12.3. The van der Waals surface area contributed by atoms with Crippen LogP contribution in [0.25, 0.3) is 11.1 Å². The van der Waals surface area contributed by atoms with E-state index in [9.17, 15) is 14.4 Å². The molecule has 9 nitrogen and oxygen atoms in total. The zero-order valence-corrected chi connectivity index (χ0v) is 17.3. The van der Waals surface area contributed by atoms with Gasteiger partial charge in [-0.1, -0.05) is 48.5 Å². The monoisotopic (exact) mass is 440 g/mol. The quantitative estimate of drug-likeness (QED) is 0.537. The van der Waals surface area contributed by atoms with E-state index in [1.165, 1.54) is 0 Å². The molecule has 2 amide bonds. The van der Waals surface area contributed by atoms with Gasteiger partial charge in [-0.2, -0.15) is 0 Å². The average Bonchev–Trinajstić information content (AvgIpc) is 3.39. The van der Waals surface area contributed by atoms with Crippen LogP contribution < -0.4 is 10.8 Å². The van der Waals surface area contributed by atoms with Crippen molar-refractivity contribution in [2.45, 2.75) is 18.4 Å². The Balaban J connectivity index is 1.28. The van der Waals surface area contributed by atoms with Gasteiger partial charge >= 0.3 is 12.1 Å². The smallest absolute Gasteiger partial charge is 0.407 e. The lowest BCUT2D eigenvalue weighted by molar-refractivity contribution is -0.153. The van der Waals surface area contributed by atoms with Crippen molar-refractivity contribution in [3.8, 4) is 11.1 Å². The van der Waals surface area contributed by atoms with Crippen molar-refractivity contribution in [3.05, 3.63) is 59.7 Å². The maximum Gasteiger partial charge on any atom is 0.407 e. The molecule has 1 aliphatic heterocycles. The Morgan fingerprint density at radius 1 is 1.03 bits per heavy atom. The molecule has 0 radical (unpaired) electrons. The third-order valence-corrected chi connectivity index (χ3v) is 5.69. The molecule has 0 aromatic heterocycles. The molecule has 0 bridgehead atoms. The number of alkyl carbamates (subject to hydrolysis) is 1. The van der Waals surface area contributed by atoms with Crippen LogP contribution in [0.1, 0.15) is 23.5 Å². The van der Waals surface area contributed by atoms with E-state index in [4.69, 9.17) is 14.6 Å². The molecule has 2 aromatic rings. The van der Waals surface area contributed by atoms with Crippen LogP contribution in [-0.4, -0.2) is 55.5 Å². The number of fused-ring (bicyclic) bond motifs is 3. The molecule has 1 saturated heterocycles. The molecule has 0 saturated carbocycles. The van der Waals surface area contributed by atoms with Crippen LogP contribution in [-0.2, 0) is 23.9 Å². The van der Waals surface area contributed by atoms with Crippen molar-refractivity contribution in [3.63, 3.8) is 0 Å². The van der Waals surface area contributed by atoms with Gasteiger partial charge in [0.1, 0.15) is 12.7 Å². The Morgan fingerprint density at radius 3 is 2.34 bits per heavy atom. The van der Waals surface area contributed by atoms with E-state index >= 15 is 0 Å². The summed E-state index contributed by atoms with van der Waals surface area (Å²) in [7, 11) is 0. The molecule has 4 rings (SSSR count). The highest BCUT2D eigenvalue weighted by Gasteiger charge is 2.35. The van der Waals surface area contributed by atoms with Crippen LogP contribution >= 0.6 is 0 Å². The molecular formula is C23H24N2O7. The summed E-state index contributed by atoms with van der Waals surface area (Å²) in [5.74, 6) is -2.09. The van der Waals surface area contributed by atoms with Crippen LogP contribution in [0.2, 0.25) is 0 Å². The summed E-state index contributed by atoms with van der Waals surface area (Å²) in [5.41, 5.74) is 6.63. The SMILES string of the molecule is O=C(O)CONC(=O)C1OCCC1CNC(=O)OCC1c2ccccc2-c2ccccc21. The second kappa shape index (κ2) is 9.80. The van der Waals surface area contributed by atoms with Gasteiger partial charge in [0.25, 0.3) is 5.91 Å². The molecule has 2 aliphatic rings. The van der Waals surface area contributed by atoms with E-state index in [1.807, 2.05) is 36.4 Å². The fraction of sp³-hybridized carbons (Fsp3) is 0.348. The van der Waals surface area contributed by atoms with Gasteiger partial charge in [-0.05, 0) is 28.7 Å². The topological polar surface area (TPSA) is 123 Å². The van der Waals surface area contributed by atoms with Gasteiger partial charge in [0.15, 0.2) is 6.61 Å². The number of carboxylic acid groups (broad SMARTS) is 1. The summed E-state index contributed by atoms with van der Waals surface area (Å²) in [6, 6.07) is 16.2. The van der Waals surface area contributed by atoms with Crippen LogP contribution in [0, 0.1) is 5.92 Å². The standard InChI is InChI=1S/C23H24N2O7/c26-20(27)13-32-25-22(28)21-14(9-10-30-21)11-24-23(29)31-12-19-17-7-3-1-5-15(17)16-6-2-4-8-18(16)19/h1-8,14,19,21H,9-13H2,(H,24,29)(H,25,28)(H,26,27). The van der Waals surface area contributed by atoms with Crippen LogP contribution in [0.4, 0.5) is 4.79 Å². The molecule has 1 fully saturated rings. The average molecular weight is 440 g/mol. The number of hydrogen-bond donors (Lipinski definition) is 3. The predicted octanol–water partition coefficient (Wildman–Crippen LogP) is 2.06. The lowest BCUT2D eigenvalue weighted by atomic mass is 9.98. The minimum absolute atomic E-state index is 0.0344. The summed E-state index contributed by atoms with van der Waals surface area (Å²) < 4.78 is 10.9. The fourth-order valence-electron chi connectivity index (χ4n) is 4.22. The predicted molar refractivity (Wildman–Crippen MR) is 113 cm³/mol. The Bertz CT molecular complexity index is 964. The number of nitrogens with one attached hydrogen (secondary N) is 2. The Hall–Kier alpha value is -3.43. The summed E-state index contributed by atoms with van der Waals surface area (Å²) in [4.78, 5) is 39.5. The maximum absolute atomic E-state index is 12.3. The number of carbonyl (C=O) groups excluding carboxylic acids is 2. The molecular weight excluding hydrogens is 416 g/mol. The number of rotatable bonds is 8. The largest absolute Gasteiger partial charge is 0.479 e. The van der Waals surface area contributed by atoms with Gasteiger partial charge < -0.3 is 19.9 Å². The number of carbonyl (C=O) groups is 3. The minimum Gasteiger partial charge on any atom is -0.479 e. The normalized spacial score (nSPS) is 19.1. The Morgan fingerprint density at radius 2 is 1.69 bits per heavy atom. The van der Waals surface area contributed by atoms with E-state index < -0.39 is 30.7 Å². The number of aliphatic carboxylic acids is 1. The van der Waals surface area contributed by atoms with Crippen molar-refractivity contribution in [1.29, 1.82) is 0 Å². The van der Waals surface area contributed by atoms with Gasteiger partial charge in [-0.25, -0.2) is 15.1 Å². The zero-order valence-electron chi connectivity index (χ0n) is 17.3. The van der Waals surface area contributed by atoms with Crippen molar-refractivity contribution in [2.24, 2.45) is 5.92 Å². The third kappa shape index (κ3) is 4.74. The van der Waals surface area contributed by atoms with Crippen molar-refractivity contribution in [1.82, 2.24) is 10.8 Å². The lowest BCUT2D eigenvalue weighted by Gasteiger charge is -2.19. The molecule has 1 aliphatic carbocycles. The molecule has 2 unspecified atom stereocenters. The lowest BCUT2D eigenvalue weighted by Crippen LogP contribution is -2.42. The second-order valence-corrected chi connectivity index (χ2v) is 7.70. The number of hydroxylamine groups is 1. The summed E-state index contributed by atoms with van der Waals surface area (Å²) in [5, 5.41) is 11.3. The number of carboxylic acids is 1. The summed E-state index contributed by atoms with van der Waals surface area (Å²) in [6.07, 6.45) is -0.835. The van der Waals surface area contributed by atoms with E-state index in [2.05, 4.69) is 27.8 Å². The number of ether oxygens (including phenoxy) is 2. The summed E-state index contributed by atoms with van der Waals surface area (Å²) in [6.45, 7) is 0.0941. The van der Waals surface area contributed by atoms with E-state index in [1.54, 1.807) is 0 Å². The van der Waals surface area contributed by atoms with Gasteiger partial charge in [0.2, 0.25) is 0 Å². The first-order valence-electron chi connectivity index (χ1n) is 10.4. The molecule has 2 atom stereocenters. The number of amides is 2. The van der Waals surface area contributed by atoms with Crippen LogP contribution in [0.5, 0.6) is 0 Å². The van der Waals surface area contributed by atoms with E-state index in [0.29, 0.717) is 13.0 Å². The highest BCUT2D eigenvalue weighted by atomic mass is 16.7. The van der Waals surface area contributed by atoms with Crippen LogP contribution in [0.3, 0.4) is 0 Å². The second-order valence-electron chi connectivity index (χ2n) is 7.70. The van der Waals surface area contributed by atoms with E-state index in [0.717, 1.165) is 22.3 Å². The minimum atomic E-state index is -1.20. The summed E-state index contributed by atoms with van der Waals surface area (Å²) >= 11 is 0. The Kier molecular flexibility index (Phi) is 6.67. The zero-order chi connectivity index (χ0) is 22.5. The molecule has 9 heteroatoms. The van der Waals surface area contributed by atoms with Crippen molar-refractivity contribution in [2.75, 3.05) is 26.4 Å². The van der Waals surface area contributed by atoms with Crippen LogP contribution in [0.15, 0.2) is 48.5 Å². The third-order valence-electron chi connectivity index (χ3n) is 5.69. The molecule has 2 aromatic carbocycles.